The highest BCUT2D eigenvalue weighted by Crippen LogP contribution is 2.38. The Balaban J connectivity index is 2.42. The molecule has 2 rings (SSSR count). The van der Waals surface area contributed by atoms with Crippen LogP contribution in [-0.2, 0) is 11.2 Å². The molecule has 10 nitrogen and oxygen atoms in total. The average molecular weight is 310 g/mol. The van der Waals surface area contributed by atoms with E-state index in [4.69, 9.17) is 4.74 Å². The molecule has 1 aromatic rings. The van der Waals surface area contributed by atoms with Crippen molar-refractivity contribution in [1.82, 2.24) is 10.2 Å². The monoisotopic (exact) mass is 310 g/mol. The molecule has 0 saturated carbocycles. The molecule has 10 heteroatoms. The van der Waals surface area contributed by atoms with Gasteiger partial charge in [-0.05, 0) is 12.0 Å². The summed E-state index contributed by atoms with van der Waals surface area (Å²) in [6.07, 6.45) is 0.120. The van der Waals surface area contributed by atoms with Crippen molar-refractivity contribution in [3.8, 4) is 5.75 Å². The molecule has 1 saturated heterocycles. The molecule has 0 aliphatic carbocycles. The minimum absolute atomic E-state index is 0.120. The Bertz CT molecular complexity index is 611. The molecule has 22 heavy (non-hydrogen) atoms. The van der Waals surface area contributed by atoms with Crippen molar-refractivity contribution in [2.24, 2.45) is 0 Å². The third-order valence-corrected chi connectivity index (χ3v) is 3.40. The summed E-state index contributed by atoms with van der Waals surface area (Å²) in [5.74, 6) is -0.567. The Hall–Kier alpha value is -2.75. The lowest BCUT2D eigenvalue weighted by Crippen LogP contribution is -2.31. The van der Waals surface area contributed by atoms with Gasteiger partial charge in [0.2, 0.25) is 5.91 Å². The quantitative estimate of drug-likeness (QED) is 0.617. The standard InChI is InChI=1S/C12H14N4O6/c1-14-6-13-8(12(14)17)3-7-4-9(15(18)19)11(22-2)10(5-7)16(20)21/h4-5,8,13H,3,6H2,1-2H3/t8-/m0/s1. The van der Waals surface area contributed by atoms with E-state index in [0.29, 0.717) is 12.2 Å². The van der Waals surface area contributed by atoms with Crippen LogP contribution in [0.3, 0.4) is 0 Å². The first-order chi connectivity index (χ1) is 10.3. The van der Waals surface area contributed by atoms with Gasteiger partial charge in [0.25, 0.3) is 5.75 Å². The van der Waals surface area contributed by atoms with Gasteiger partial charge in [-0.25, -0.2) is 0 Å². The second kappa shape index (κ2) is 5.93. The van der Waals surface area contributed by atoms with E-state index in [1.54, 1.807) is 7.05 Å². The lowest BCUT2D eigenvalue weighted by molar-refractivity contribution is -0.395. The van der Waals surface area contributed by atoms with Crippen LogP contribution in [0.4, 0.5) is 11.4 Å². The highest BCUT2D eigenvalue weighted by molar-refractivity contribution is 5.84. The number of nitro groups is 2. The van der Waals surface area contributed by atoms with Crippen molar-refractivity contribution in [2.75, 3.05) is 20.8 Å². The summed E-state index contributed by atoms with van der Waals surface area (Å²) in [6.45, 7) is 0.365. The van der Waals surface area contributed by atoms with Crippen molar-refractivity contribution in [1.29, 1.82) is 0 Å². The van der Waals surface area contributed by atoms with Crippen molar-refractivity contribution in [2.45, 2.75) is 12.5 Å². The summed E-state index contributed by atoms with van der Waals surface area (Å²) in [5, 5.41) is 25.1. The minimum atomic E-state index is -0.745. The van der Waals surface area contributed by atoms with Crippen LogP contribution in [0.15, 0.2) is 12.1 Å². The van der Waals surface area contributed by atoms with E-state index in [0.717, 1.165) is 7.11 Å². The van der Waals surface area contributed by atoms with Gasteiger partial charge >= 0.3 is 11.4 Å². The van der Waals surface area contributed by atoms with Crippen LogP contribution >= 0.6 is 0 Å². The van der Waals surface area contributed by atoms with Gasteiger partial charge in [-0.15, -0.1) is 0 Å². The van der Waals surface area contributed by atoms with Gasteiger partial charge in [0, 0.05) is 19.2 Å². The molecule has 1 atom stereocenters. The first kappa shape index (κ1) is 15.6. The molecule has 0 aromatic heterocycles. The number of amides is 1. The number of carbonyl (C=O) groups excluding carboxylic acids is 1. The SMILES string of the molecule is COc1c([N+](=O)[O-])cc(C[C@@H]2NCN(C)C2=O)cc1[N+](=O)[O-]. The first-order valence-corrected chi connectivity index (χ1v) is 6.33. The fraction of sp³-hybridized carbons (Fsp3) is 0.417. The molecule has 0 bridgehead atoms. The molecule has 1 fully saturated rings. The number of likely N-dealkylation sites (N-methyl/N-ethyl adjacent to an activating group) is 1. The Morgan fingerprint density at radius 1 is 1.32 bits per heavy atom. The van der Waals surface area contributed by atoms with E-state index in [2.05, 4.69) is 5.32 Å². The van der Waals surface area contributed by atoms with Crippen LogP contribution in [0, 0.1) is 20.2 Å². The van der Waals surface area contributed by atoms with Gasteiger partial charge in [0.1, 0.15) is 0 Å². The fourth-order valence-corrected chi connectivity index (χ4v) is 2.33. The number of methoxy groups -OCH3 is 1. The largest absolute Gasteiger partial charge is 0.485 e. The summed E-state index contributed by atoms with van der Waals surface area (Å²) in [6, 6.07) is 1.83. The smallest absolute Gasteiger partial charge is 0.318 e. The Labute approximate surface area is 125 Å². The first-order valence-electron chi connectivity index (χ1n) is 6.33. The summed E-state index contributed by atoms with van der Waals surface area (Å²) in [4.78, 5) is 34.0. The maximum absolute atomic E-state index is 11.8. The summed E-state index contributed by atoms with van der Waals surface area (Å²) in [7, 11) is 2.75. The van der Waals surface area contributed by atoms with Gasteiger partial charge in [0.15, 0.2) is 0 Å². The second-order valence-corrected chi connectivity index (χ2v) is 4.84. The topological polar surface area (TPSA) is 128 Å². The third kappa shape index (κ3) is 2.81. The molecular formula is C12H14N4O6. The molecule has 1 N–H and O–H groups in total. The van der Waals surface area contributed by atoms with Gasteiger partial charge in [0.05, 0.1) is 29.7 Å². The molecule has 1 amide bonds. The third-order valence-electron chi connectivity index (χ3n) is 3.40. The number of nitrogens with one attached hydrogen (secondary N) is 1. The van der Waals surface area contributed by atoms with E-state index < -0.39 is 33.0 Å². The van der Waals surface area contributed by atoms with Crippen LogP contribution in [0.1, 0.15) is 5.56 Å². The predicted molar refractivity (Wildman–Crippen MR) is 74.6 cm³/mol. The van der Waals surface area contributed by atoms with Crippen LogP contribution < -0.4 is 10.1 Å². The Kier molecular flexibility index (Phi) is 4.22. The van der Waals surface area contributed by atoms with Crippen LogP contribution in [-0.4, -0.2) is 47.5 Å². The number of hydrogen-bond donors (Lipinski definition) is 1. The van der Waals surface area contributed by atoms with Crippen molar-refractivity contribution < 1.29 is 19.4 Å². The summed E-state index contributed by atoms with van der Waals surface area (Å²) >= 11 is 0. The fourth-order valence-electron chi connectivity index (χ4n) is 2.33. The van der Waals surface area contributed by atoms with Crippen molar-refractivity contribution >= 4 is 17.3 Å². The van der Waals surface area contributed by atoms with Gasteiger partial charge in [-0.3, -0.25) is 30.3 Å². The van der Waals surface area contributed by atoms with Crippen LogP contribution in [0.25, 0.3) is 0 Å². The lowest BCUT2D eigenvalue weighted by Gasteiger charge is -2.10. The van der Waals surface area contributed by atoms with E-state index in [-0.39, 0.29) is 12.3 Å². The Morgan fingerprint density at radius 3 is 2.23 bits per heavy atom. The number of hydrogen-bond acceptors (Lipinski definition) is 7. The number of ether oxygens (including phenoxy) is 1. The molecule has 1 aliphatic rings. The molecule has 1 aliphatic heterocycles. The van der Waals surface area contributed by atoms with E-state index in [9.17, 15) is 25.0 Å². The minimum Gasteiger partial charge on any atom is -0.485 e. The van der Waals surface area contributed by atoms with E-state index >= 15 is 0 Å². The van der Waals surface area contributed by atoms with E-state index in [1.807, 2.05) is 0 Å². The maximum atomic E-state index is 11.8. The molecule has 0 radical (unpaired) electrons. The predicted octanol–water partition coefficient (Wildman–Crippen LogP) is 0.442. The zero-order valence-electron chi connectivity index (χ0n) is 11.9. The number of benzene rings is 1. The second-order valence-electron chi connectivity index (χ2n) is 4.84. The average Bonchev–Trinajstić information content (AvgIpc) is 2.78. The molecular weight excluding hydrogens is 296 g/mol. The van der Waals surface area contributed by atoms with Crippen LogP contribution in [0.5, 0.6) is 5.75 Å². The number of carbonyl (C=O) groups is 1. The Morgan fingerprint density at radius 2 is 1.86 bits per heavy atom. The lowest BCUT2D eigenvalue weighted by atomic mass is 10.0. The van der Waals surface area contributed by atoms with Crippen molar-refractivity contribution in [3.05, 3.63) is 37.9 Å². The zero-order chi connectivity index (χ0) is 16.4. The van der Waals surface area contributed by atoms with Gasteiger partial charge < -0.3 is 9.64 Å². The van der Waals surface area contributed by atoms with Crippen LogP contribution in [0.2, 0.25) is 0 Å². The molecule has 118 valence electrons. The number of rotatable bonds is 5. The van der Waals surface area contributed by atoms with Gasteiger partial charge in [-0.1, -0.05) is 0 Å². The highest BCUT2D eigenvalue weighted by atomic mass is 16.6. The maximum Gasteiger partial charge on any atom is 0.318 e. The molecule has 0 unspecified atom stereocenters. The normalized spacial score (nSPS) is 17.6. The number of nitro benzene ring substituents is 2. The molecule has 0 spiro atoms. The van der Waals surface area contributed by atoms with Gasteiger partial charge in [-0.2, -0.15) is 0 Å². The van der Waals surface area contributed by atoms with Crippen molar-refractivity contribution in [3.63, 3.8) is 0 Å². The molecule has 1 aromatic carbocycles. The molecule has 1 heterocycles. The zero-order valence-corrected chi connectivity index (χ0v) is 11.9. The number of nitrogens with zero attached hydrogens (tertiary/aromatic N) is 3. The highest BCUT2D eigenvalue weighted by Gasteiger charge is 2.32. The summed E-state index contributed by atoms with van der Waals surface area (Å²) < 4.78 is 4.79. The summed E-state index contributed by atoms with van der Waals surface area (Å²) in [5.41, 5.74) is -0.670. The van der Waals surface area contributed by atoms with E-state index in [1.165, 1.54) is 17.0 Å².